The van der Waals surface area contributed by atoms with E-state index in [9.17, 15) is 14.4 Å². The highest BCUT2D eigenvalue weighted by Crippen LogP contribution is 2.20. The van der Waals surface area contributed by atoms with Crippen LogP contribution in [0.15, 0.2) is 30.3 Å². The van der Waals surface area contributed by atoms with Crippen LogP contribution in [0, 0.1) is 6.92 Å². The van der Waals surface area contributed by atoms with E-state index in [4.69, 9.17) is 0 Å². The van der Waals surface area contributed by atoms with Gasteiger partial charge in [-0.2, -0.15) is 0 Å². The van der Waals surface area contributed by atoms with Gasteiger partial charge in [0.1, 0.15) is 5.69 Å². The van der Waals surface area contributed by atoms with Crippen LogP contribution in [-0.2, 0) is 6.42 Å². The predicted molar refractivity (Wildman–Crippen MR) is 86.3 cm³/mol. The number of Topliss-reactive ketones (excluding diaryl/α,β-unsaturated/α-hetero) is 1. The largest absolute Gasteiger partial charge is 0.354 e. The maximum atomic E-state index is 12.3. The van der Waals surface area contributed by atoms with E-state index >= 15 is 0 Å². The number of aromatic nitrogens is 1. The number of amides is 2. The first-order valence-corrected chi connectivity index (χ1v) is 7.33. The fourth-order valence-corrected chi connectivity index (χ4v) is 2.54. The number of rotatable bonds is 4. The first-order valence-electron chi connectivity index (χ1n) is 7.33. The Balaban J connectivity index is 2.14. The van der Waals surface area contributed by atoms with Gasteiger partial charge >= 0.3 is 0 Å². The van der Waals surface area contributed by atoms with Crippen molar-refractivity contribution < 1.29 is 14.4 Å². The minimum atomic E-state index is -0.485. The summed E-state index contributed by atoms with van der Waals surface area (Å²) in [6.07, 6.45) is 0.536. The van der Waals surface area contributed by atoms with Crippen molar-refractivity contribution >= 4 is 17.6 Å². The Hall–Kier alpha value is -2.89. The second-order valence-electron chi connectivity index (χ2n) is 5.16. The molecule has 0 bridgehead atoms. The van der Waals surface area contributed by atoms with Gasteiger partial charge in [0.2, 0.25) is 0 Å². The number of aromatic amines is 1. The van der Waals surface area contributed by atoms with E-state index in [0.29, 0.717) is 34.5 Å². The molecule has 0 radical (unpaired) electrons. The Kier molecular flexibility index (Phi) is 4.95. The third-order valence-electron chi connectivity index (χ3n) is 3.55. The van der Waals surface area contributed by atoms with E-state index in [0.717, 1.165) is 0 Å². The maximum absolute atomic E-state index is 12.3. The molecule has 0 spiro atoms. The van der Waals surface area contributed by atoms with Crippen LogP contribution in [0.4, 0.5) is 0 Å². The van der Waals surface area contributed by atoms with Crippen molar-refractivity contribution in [1.29, 1.82) is 0 Å². The standard InChI is InChI=1S/C17H19N3O3/c1-4-13-14(11(3)21)10(2)18-15(13)17(23)20-19-16(22)12-8-6-5-7-9-12/h5-9,18H,4H2,1-3H3,(H,19,22)(H,20,23). The van der Waals surface area contributed by atoms with Gasteiger partial charge in [0.25, 0.3) is 11.8 Å². The molecule has 1 aromatic carbocycles. The number of hydrogen-bond donors (Lipinski definition) is 3. The fourth-order valence-electron chi connectivity index (χ4n) is 2.54. The first kappa shape index (κ1) is 16.5. The zero-order valence-corrected chi connectivity index (χ0v) is 13.3. The molecule has 0 saturated heterocycles. The Morgan fingerprint density at radius 2 is 1.65 bits per heavy atom. The molecule has 0 aliphatic carbocycles. The van der Waals surface area contributed by atoms with Crippen LogP contribution >= 0.6 is 0 Å². The smallest absolute Gasteiger partial charge is 0.286 e. The molecule has 2 amide bonds. The highest BCUT2D eigenvalue weighted by molar-refractivity contribution is 6.03. The van der Waals surface area contributed by atoms with E-state index in [1.54, 1.807) is 37.3 Å². The quantitative estimate of drug-likeness (QED) is 0.597. The lowest BCUT2D eigenvalue weighted by Gasteiger charge is -2.08. The van der Waals surface area contributed by atoms with Crippen molar-refractivity contribution in [1.82, 2.24) is 15.8 Å². The summed E-state index contributed by atoms with van der Waals surface area (Å²) in [5, 5.41) is 0. The molecule has 1 heterocycles. The van der Waals surface area contributed by atoms with Gasteiger partial charge in [-0.3, -0.25) is 25.2 Å². The highest BCUT2D eigenvalue weighted by atomic mass is 16.2. The number of aryl methyl sites for hydroxylation is 1. The topological polar surface area (TPSA) is 91.1 Å². The molecule has 2 aromatic rings. The van der Waals surface area contributed by atoms with E-state index in [1.165, 1.54) is 6.92 Å². The second-order valence-corrected chi connectivity index (χ2v) is 5.16. The van der Waals surface area contributed by atoms with Gasteiger partial charge in [0.05, 0.1) is 0 Å². The number of H-pyrrole nitrogens is 1. The summed E-state index contributed by atoms with van der Waals surface area (Å²) in [6, 6.07) is 8.56. The first-order chi connectivity index (χ1) is 11.0. The average molecular weight is 313 g/mol. The molecule has 2 rings (SSSR count). The van der Waals surface area contributed by atoms with Crippen molar-refractivity contribution in [2.24, 2.45) is 0 Å². The second kappa shape index (κ2) is 6.91. The SMILES string of the molecule is CCc1c(C(=O)NNC(=O)c2ccccc2)[nH]c(C)c1C(C)=O. The fraction of sp³-hybridized carbons (Fsp3) is 0.235. The molecular weight excluding hydrogens is 294 g/mol. The average Bonchev–Trinajstić information content (AvgIpc) is 2.89. The van der Waals surface area contributed by atoms with Crippen LogP contribution in [0.1, 0.15) is 56.3 Å². The van der Waals surface area contributed by atoms with Crippen LogP contribution in [0.5, 0.6) is 0 Å². The minimum Gasteiger partial charge on any atom is -0.354 e. The summed E-state index contributed by atoms with van der Waals surface area (Å²) < 4.78 is 0. The van der Waals surface area contributed by atoms with E-state index in [2.05, 4.69) is 15.8 Å². The van der Waals surface area contributed by atoms with Gasteiger partial charge < -0.3 is 4.98 Å². The zero-order chi connectivity index (χ0) is 17.0. The van der Waals surface area contributed by atoms with Crippen molar-refractivity contribution in [3.63, 3.8) is 0 Å². The molecular formula is C17H19N3O3. The number of nitrogens with one attached hydrogen (secondary N) is 3. The molecule has 23 heavy (non-hydrogen) atoms. The Labute approximate surface area is 134 Å². The highest BCUT2D eigenvalue weighted by Gasteiger charge is 2.21. The van der Waals surface area contributed by atoms with Crippen LogP contribution in [0.25, 0.3) is 0 Å². The van der Waals surface area contributed by atoms with Gasteiger partial charge in [-0.15, -0.1) is 0 Å². The summed E-state index contributed by atoms with van der Waals surface area (Å²) >= 11 is 0. The summed E-state index contributed by atoms with van der Waals surface area (Å²) in [5.74, 6) is -0.989. The number of carbonyl (C=O) groups excluding carboxylic acids is 3. The van der Waals surface area contributed by atoms with Crippen molar-refractivity contribution in [2.45, 2.75) is 27.2 Å². The monoisotopic (exact) mass is 313 g/mol. The summed E-state index contributed by atoms with van der Waals surface area (Å²) in [7, 11) is 0. The van der Waals surface area contributed by atoms with Gasteiger partial charge in [0, 0.05) is 16.8 Å². The molecule has 0 fully saturated rings. The van der Waals surface area contributed by atoms with Gasteiger partial charge in [-0.25, -0.2) is 0 Å². The van der Waals surface area contributed by atoms with Crippen LogP contribution in [0.3, 0.4) is 0 Å². The molecule has 1 aromatic heterocycles. The number of carbonyl (C=O) groups is 3. The molecule has 0 unspecified atom stereocenters. The van der Waals surface area contributed by atoms with Crippen molar-refractivity contribution in [2.75, 3.05) is 0 Å². The Morgan fingerprint density at radius 3 is 2.22 bits per heavy atom. The van der Waals surface area contributed by atoms with Gasteiger partial charge in [-0.05, 0) is 38.0 Å². The molecule has 6 heteroatoms. The molecule has 120 valence electrons. The predicted octanol–water partition coefficient (Wildman–Crippen LogP) is 2.16. The lowest BCUT2D eigenvalue weighted by Crippen LogP contribution is -2.42. The maximum Gasteiger partial charge on any atom is 0.286 e. The van der Waals surface area contributed by atoms with Crippen molar-refractivity contribution in [3.05, 3.63) is 58.4 Å². The Bertz CT molecular complexity index is 748. The lowest BCUT2D eigenvalue weighted by atomic mass is 10.0. The molecule has 6 nitrogen and oxygen atoms in total. The zero-order valence-electron chi connectivity index (χ0n) is 13.3. The Morgan fingerprint density at radius 1 is 1.04 bits per heavy atom. The molecule has 0 aliphatic heterocycles. The third kappa shape index (κ3) is 3.48. The number of hydrazine groups is 1. The molecule has 0 saturated carbocycles. The summed E-state index contributed by atoms with van der Waals surface area (Å²) in [4.78, 5) is 38.8. The molecule has 0 aliphatic rings. The summed E-state index contributed by atoms with van der Waals surface area (Å²) in [6.45, 7) is 5.08. The number of hydrogen-bond acceptors (Lipinski definition) is 3. The van der Waals surface area contributed by atoms with Crippen LogP contribution in [0.2, 0.25) is 0 Å². The number of benzene rings is 1. The van der Waals surface area contributed by atoms with Crippen LogP contribution < -0.4 is 10.9 Å². The van der Waals surface area contributed by atoms with E-state index < -0.39 is 11.8 Å². The van der Waals surface area contributed by atoms with Gasteiger partial charge in [-0.1, -0.05) is 25.1 Å². The number of ketones is 1. The molecule has 0 atom stereocenters. The van der Waals surface area contributed by atoms with Crippen LogP contribution in [-0.4, -0.2) is 22.6 Å². The van der Waals surface area contributed by atoms with Crippen molar-refractivity contribution in [3.8, 4) is 0 Å². The van der Waals surface area contributed by atoms with E-state index in [1.807, 2.05) is 6.92 Å². The summed E-state index contributed by atoms with van der Waals surface area (Å²) in [5.41, 5.74) is 7.30. The van der Waals surface area contributed by atoms with Gasteiger partial charge in [0.15, 0.2) is 5.78 Å². The lowest BCUT2D eigenvalue weighted by molar-refractivity contribution is 0.0843. The third-order valence-corrected chi connectivity index (χ3v) is 3.55. The minimum absolute atomic E-state index is 0.0945. The van der Waals surface area contributed by atoms with E-state index in [-0.39, 0.29) is 5.78 Å². The molecule has 3 N–H and O–H groups in total. The normalized spacial score (nSPS) is 10.2.